The van der Waals surface area contributed by atoms with E-state index in [0.717, 1.165) is 6.07 Å². The number of carbonyl (C=O) groups is 3. The smallest absolute Gasteiger partial charge is 0.319 e. The number of rotatable bonds is 4. The molecule has 2 aromatic carbocycles. The van der Waals surface area contributed by atoms with Crippen LogP contribution in [-0.4, -0.2) is 37.0 Å². The number of urea groups is 1. The van der Waals surface area contributed by atoms with E-state index in [1.54, 1.807) is 13.0 Å². The van der Waals surface area contributed by atoms with Crippen LogP contribution in [0.15, 0.2) is 34.7 Å². The third-order valence-electron chi connectivity index (χ3n) is 6.22. The van der Waals surface area contributed by atoms with E-state index in [-0.39, 0.29) is 41.6 Å². The summed E-state index contributed by atoms with van der Waals surface area (Å²) in [7, 11) is 0. The molecule has 2 aliphatic rings. The van der Waals surface area contributed by atoms with Crippen LogP contribution in [0.4, 0.5) is 25.0 Å². The molecule has 0 spiro atoms. The van der Waals surface area contributed by atoms with E-state index in [9.17, 15) is 18.8 Å². The van der Waals surface area contributed by atoms with Gasteiger partial charge in [0.25, 0.3) is 0 Å². The zero-order valence-electron chi connectivity index (χ0n) is 18.6. The van der Waals surface area contributed by atoms with Crippen LogP contribution in [0.3, 0.4) is 0 Å². The molecule has 2 saturated heterocycles. The average molecular weight is 503 g/mol. The number of hydrogen-bond donors (Lipinski definition) is 3. The molecule has 0 radical (unpaired) electrons. The van der Waals surface area contributed by atoms with Crippen molar-refractivity contribution in [3.63, 3.8) is 0 Å². The van der Waals surface area contributed by atoms with Crippen molar-refractivity contribution in [3.05, 3.63) is 58.3 Å². The summed E-state index contributed by atoms with van der Waals surface area (Å²) in [5, 5.41) is 8.38. The molecule has 3 N–H and O–H groups in total. The van der Waals surface area contributed by atoms with Gasteiger partial charge in [0, 0.05) is 35.5 Å². The summed E-state index contributed by atoms with van der Waals surface area (Å²) in [4.78, 5) is 38.1. The normalized spacial score (nSPS) is 18.4. The van der Waals surface area contributed by atoms with Gasteiger partial charge in [-0.3, -0.25) is 14.9 Å². The number of furan rings is 1. The lowest BCUT2D eigenvalue weighted by molar-refractivity contribution is -0.134. The number of carbonyl (C=O) groups excluding carboxylic acids is 3. The molecule has 0 saturated carbocycles. The van der Waals surface area contributed by atoms with Crippen LogP contribution >= 0.6 is 11.6 Å². The second-order valence-electron chi connectivity index (χ2n) is 8.72. The van der Waals surface area contributed by atoms with Gasteiger partial charge in [-0.1, -0.05) is 11.6 Å². The molecule has 2 aliphatic heterocycles. The minimum Gasteiger partial charge on any atom is -0.461 e. The first kappa shape index (κ1) is 23.1. The summed E-state index contributed by atoms with van der Waals surface area (Å²) < 4.78 is 34.9. The SMILES string of the molecule is Cc1cc2c(N3CC(NC(=O)Nc4cc(Cl)ccc4F)C3)cc(F)c(C3CCC(=O)NC3=O)c2o1. The van der Waals surface area contributed by atoms with Gasteiger partial charge in [0.15, 0.2) is 0 Å². The lowest BCUT2D eigenvalue weighted by Crippen LogP contribution is -2.60. The molecule has 2 fully saturated rings. The second kappa shape index (κ2) is 8.84. The van der Waals surface area contributed by atoms with Gasteiger partial charge in [-0.15, -0.1) is 0 Å². The standard InChI is InChI=1S/C24H21ClF2N4O4/c1-11-6-15-19(8-17(27)21(22(15)35-11)14-3-5-20(32)30-23(14)33)31-9-13(10-31)28-24(34)29-18-7-12(25)2-4-16(18)26/h2,4,6-8,13-14H,3,5,9-10H2,1H3,(H2,28,29,34)(H,30,32,33). The number of aryl methyl sites for hydroxylation is 1. The molecule has 3 aromatic rings. The number of fused-ring (bicyclic) bond motifs is 1. The number of amides is 4. The van der Waals surface area contributed by atoms with Crippen molar-refractivity contribution in [2.75, 3.05) is 23.3 Å². The Morgan fingerprint density at radius 2 is 1.94 bits per heavy atom. The van der Waals surface area contributed by atoms with Crippen LogP contribution in [0.2, 0.25) is 5.02 Å². The Morgan fingerprint density at radius 1 is 1.17 bits per heavy atom. The zero-order chi connectivity index (χ0) is 24.9. The summed E-state index contributed by atoms with van der Waals surface area (Å²) in [5.41, 5.74) is 0.954. The number of imide groups is 1. The number of piperidine rings is 1. The van der Waals surface area contributed by atoms with E-state index in [1.807, 2.05) is 4.90 Å². The lowest BCUT2D eigenvalue weighted by Gasteiger charge is -2.41. The van der Waals surface area contributed by atoms with Crippen LogP contribution in [0.5, 0.6) is 0 Å². The fraction of sp³-hybridized carbons (Fsp3) is 0.292. The number of halogens is 3. The number of benzene rings is 2. The summed E-state index contributed by atoms with van der Waals surface area (Å²) in [6.07, 6.45) is 0.327. The van der Waals surface area contributed by atoms with Gasteiger partial charge in [0.1, 0.15) is 23.0 Å². The van der Waals surface area contributed by atoms with Crippen molar-refractivity contribution in [2.24, 2.45) is 0 Å². The van der Waals surface area contributed by atoms with E-state index in [1.165, 1.54) is 18.2 Å². The van der Waals surface area contributed by atoms with E-state index in [0.29, 0.717) is 34.9 Å². The first-order valence-electron chi connectivity index (χ1n) is 11.0. The molecule has 0 bridgehead atoms. The molecule has 1 aromatic heterocycles. The summed E-state index contributed by atoms with van der Waals surface area (Å²) in [6, 6.07) is 6.15. The highest BCUT2D eigenvalue weighted by atomic mass is 35.5. The molecule has 182 valence electrons. The highest BCUT2D eigenvalue weighted by Crippen LogP contribution is 2.40. The van der Waals surface area contributed by atoms with E-state index in [2.05, 4.69) is 16.0 Å². The van der Waals surface area contributed by atoms with Gasteiger partial charge in [-0.2, -0.15) is 0 Å². The van der Waals surface area contributed by atoms with Crippen LogP contribution in [0.25, 0.3) is 11.0 Å². The van der Waals surface area contributed by atoms with Crippen molar-refractivity contribution in [3.8, 4) is 0 Å². The minimum atomic E-state index is -0.823. The zero-order valence-corrected chi connectivity index (χ0v) is 19.3. The number of anilines is 2. The second-order valence-corrected chi connectivity index (χ2v) is 9.16. The van der Waals surface area contributed by atoms with Gasteiger partial charge in [-0.25, -0.2) is 13.6 Å². The first-order chi connectivity index (χ1) is 16.7. The maximum absolute atomic E-state index is 15.3. The first-order valence-corrected chi connectivity index (χ1v) is 11.4. The quantitative estimate of drug-likeness (QED) is 0.464. The summed E-state index contributed by atoms with van der Waals surface area (Å²) in [5.74, 6) is -2.39. The Kier molecular flexibility index (Phi) is 5.84. The van der Waals surface area contributed by atoms with E-state index in [4.69, 9.17) is 16.0 Å². The number of hydrogen-bond acceptors (Lipinski definition) is 5. The van der Waals surface area contributed by atoms with Crippen LogP contribution < -0.4 is 20.9 Å². The molecule has 1 unspecified atom stereocenters. The third kappa shape index (κ3) is 4.41. The maximum Gasteiger partial charge on any atom is 0.319 e. The fourth-order valence-electron chi connectivity index (χ4n) is 4.55. The Bertz CT molecular complexity index is 1370. The molecule has 4 amide bonds. The molecule has 8 nitrogen and oxygen atoms in total. The predicted molar refractivity (Wildman–Crippen MR) is 126 cm³/mol. The molecule has 3 heterocycles. The van der Waals surface area contributed by atoms with Crippen molar-refractivity contribution >= 4 is 51.8 Å². The van der Waals surface area contributed by atoms with Gasteiger partial charge in [0.2, 0.25) is 11.8 Å². The van der Waals surface area contributed by atoms with E-state index < -0.39 is 29.5 Å². The van der Waals surface area contributed by atoms with Crippen molar-refractivity contribution in [1.82, 2.24) is 10.6 Å². The van der Waals surface area contributed by atoms with Gasteiger partial charge >= 0.3 is 6.03 Å². The van der Waals surface area contributed by atoms with Gasteiger partial charge in [-0.05, 0) is 43.7 Å². The largest absolute Gasteiger partial charge is 0.461 e. The fourth-order valence-corrected chi connectivity index (χ4v) is 4.72. The van der Waals surface area contributed by atoms with Gasteiger partial charge < -0.3 is 20.0 Å². The molecule has 11 heteroatoms. The Balaban J connectivity index is 1.32. The Hall–Kier alpha value is -3.66. The van der Waals surface area contributed by atoms with Crippen LogP contribution in [0, 0.1) is 18.6 Å². The van der Waals surface area contributed by atoms with Crippen LogP contribution in [-0.2, 0) is 9.59 Å². The average Bonchev–Trinajstić information content (AvgIpc) is 3.15. The van der Waals surface area contributed by atoms with Gasteiger partial charge in [0.05, 0.1) is 23.3 Å². The monoisotopic (exact) mass is 502 g/mol. The number of nitrogens with zero attached hydrogens (tertiary/aromatic N) is 1. The molecule has 5 rings (SSSR count). The summed E-state index contributed by atoms with van der Waals surface area (Å²) in [6.45, 7) is 2.51. The van der Waals surface area contributed by atoms with Crippen molar-refractivity contribution in [1.29, 1.82) is 0 Å². The summed E-state index contributed by atoms with van der Waals surface area (Å²) >= 11 is 5.85. The third-order valence-corrected chi connectivity index (χ3v) is 6.45. The Labute approximate surface area is 203 Å². The highest BCUT2D eigenvalue weighted by Gasteiger charge is 2.36. The molecular weight excluding hydrogens is 482 g/mol. The Morgan fingerprint density at radius 3 is 2.69 bits per heavy atom. The highest BCUT2D eigenvalue weighted by molar-refractivity contribution is 6.30. The van der Waals surface area contributed by atoms with Crippen molar-refractivity contribution < 1.29 is 27.6 Å². The topological polar surface area (TPSA) is 104 Å². The molecular formula is C24H21ClF2N4O4. The minimum absolute atomic E-state index is 0.0344. The number of nitrogens with one attached hydrogen (secondary N) is 3. The molecule has 0 aliphatic carbocycles. The predicted octanol–water partition coefficient (Wildman–Crippen LogP) is 4.20. The van der Waals surface area contributed by atoms with Crippen LogP contribution in [0.1, 0.15) is 30.1 Å². The van der Waals surface area contributed by atoms with Crippen molar-refractivity contribution in [2.45, 2.75) is 31.7 Å². The molecule has 35 heavy (non-hydrogen) atoms. The lowest BCUT2D eigenvalue weighted by atomic mass is 9.88. The van der Waals surface area contributed by atoms with E-state index >= 15 is 4.39 Å². The molecule has 1 atom stereocenters. The maximum atomic E-state index is 15.3.